The molecule has 1 atom stereocenters. The zero-order chi connectivity index (χ0) is 15.2. The molecule has 1 aliphatic rings. The molecule has 114 valence electrons. The van der Waals surface area contributed by atoms with Crippen LogP contribution in [0.25, 0.3) is 0 Å². The Balaban J connectivity index is 2.09. The van der Waals surface area contributed by atoms with E-state index in [1.54, 1.807) is 12.1 Å². The number of hydrogen-bond donors (Lipinski definition) is 2. The van der Waals surface area contributed by atoms with Gasteiger partial charge >= 0.3 is 0 Å². The van der Waals surface area contributed by atoms with E-state index in [-0.39, 0.29) is 23.8 Å². The maximum Gasteiger partial charge on any atom is 0.253 e. The van der Waals surface area contributed by atoms with Crippen LogP contribution in [-0.2, 0) is 4.79 Å². The van der Waals surface area contributed by atoms with E-state index in [1.807, 2.05) is 26.0 Å². The first-order chi connectivity index (χ1) is 10.1. The lowest BCUT2D eigenvalue weighted by Gasteiger charge is -2.16. The predicted molar refractivity (Wildman–Crippen MR) is 84.2 cm³/mol. The number of benzene rings is 1. The number of amides is 2. The summed E-state index contributed by atoms with van der Waals surface area (Å²) in [5, 5.41) is 5.86. The molecule has 2 amide bonds. The Kier molecular flexibility index (Phi) is 5.37. The lowest BCUT2D eigenvalue weighted by Crippen LogP contribution is -2.33. The van der Waals surface area contributed by atoms with E-state index >= 15 is 0 Å². The molecular weight excluding hydrogens is 264 g/mol. The molecule has 1 aliphatic carbocycles. The van der Waals surface area contributed by atoms with Crippen molar-refractivity contribution >= 4 is 17.5 Å². The van der Waals surface area contributed by atoms with Crippen molar-refractivity contribution in [1.29, 1.82) is 0 Å². The molecule has 0 aliphatic heterocycles. The minimum absolute atomic E-state index is 0.0382. The van der Waals surface area contributed by atoms with Gasteiger partial charge in [0.15, 0.2) is 0 Å². The van der Waals surface area contributed by atoms with Crippen LogP contribution in [-0.4, -0.2) is 17.9 Å². The Labute approximate surface area is 126 Å². The Morgan fingerprint density at radius 2 is 1.90 bits per heavy atom. The van der Waals surface area contributed by atoms with Gasteiger partial charge in [-0.3, -0.25) is 9.59 Å². The maximum absolute atomic E-state index is 12.3. The lowest BCUT2D eigenvalue weighted by molar-refractivity contribution is -0.119. The van der Waals surface area contributed by atoms with Gasteiger partial charge < -0.3 is 10.6 Å². The number of hydrogen-bond acceptors (Lipinski definition) is 2. The standard InChI is InChI=1S/C17H24N2O2/c1-3-12(2)18-17(21)14-10-6-7-11-15(14)19-16(20)13-8-4-5-9-13/h6-7,10-13H,3-5,8-9H2,1-2H3,(H,18,21)(H,19,20)/t12-/m1/s1. The van der Waals surface area contributed by atoms with Gasteiger partial charge in [0.2, 0.25) is 5.91 Å². The minimum Gasteiger partial charge on any atom is -0.350 e. The second kappa shape index (κ2) is 7.25. The van der Waals surface area contributed by atoms with E-state index < -0.39 is 0 Å². The van der Waals surface area contributed by atoms with Crippen LogP contribution in [0.15, 0.2) is 24.3 Å². The first-order valence-corrected chi connectivity index (χ1v) is 7.82. The highest BCUT2D eigenvalue weighted by Gasteiger charge is 2.24. The number of carbonyl (C=O) groups is 2. The summed E-state index contributed by atoms with van der Waals surface area (Å²) in [5.41, 5.74) is 1.14. The fourth-order valence-electron chi connectivity index (χ4n) is 2.62. The van der Waals surface area contributed by atoms with Crippen LogP contribution in [0.3, 0.4) is 0 Å². The smallest absolute Gasteiger partial charge is 0.253 e. The van der Waals surface area contributed by atoms with E-state index in [0.717, 1.165) is 32.1 Å². The number of para-hydroxylation sites is 1. The molecule has 0 radical (unpaired) electrons. The second-order valence-electron chi connectivity index (χ2n) is 5.80. The fourth-order valence-corrected chi connectivity index (χ4v) is 2.62. The summed E-state index contributed by atoms with van der Waals surface area (Å²) in [7, 11) is 0. The largest absolute Gasteiger partial charge is 0.350 e. The van der Waals surface area contributed by atoms with Crippen molar-refractivity contribution < 1.29 is 9.59 Å². The molecule has 2 N–H and O–H groups in total. The molecule has 1 saturated carbocycles. The molecule has 1 fully saturated rings. The highest BCUT2D eigenvalue weighted by atomic mass is 16.2. The van der Waals surface area contributed by atoms with E-state index in [1.165, 1.54) is 0 Å². The molecule has 0 saturated heterocycles. The molecule has 1 aromatic carbocycles. The highest BCUT2D eigenvalue weighted by Crippen LogP contribution is 2.26. The fraction of sp³-hybridized carbons (Fsp3) is 0.529. The van der Waals surface area contributed by atoms with Crippen molar-refractivity contribution in [2.75, 3.05) is 5.32 Å². The van der Waals surface area contributed by atoms with E-state index in [0.29, 0.717) is 11.3 Å². The summed E-state index contributed by atoms with van der Waals surface area (Å²) in [4.78, 5) is 24.5. The first-order valence-electron chi connectivity index (χ1n) is 7.82. The van der Waals surface area contributed by atoms with Crippen LogP contribution in [0.5, 0.6) is 0 Å². The molecular formula is C17H24N2O2. The Morgan fingerprint density at radius 1 is 1.24 bits per heavy atom. The molecule has 21 heavy (non-hydrogen) atoms. The molecule has 1 aromatic rings. The van der Waals surface area contributed by atoms with Crippen molar-refractivity contribution in [3.05, 3.63) is 29.8 Å². The summed E-state index contributed by atoms with van der Waals surface area (Å²) in [5.74, 6) is -0.00125. The molecule has 2 rings (SSSR count). The van der Waals surface area contributed by atoms with Crippen LogP contribution in [0.1, 0.15) is 56.3 Å². The maximum atomic E-state index is 12.3. The Morgan fingerprint density at radius 3 is 2.57 bits per heavy atom. The van der Waals surface area contributed by atoms with Crippen molar-refractivity contribution in [2.45, 2.75) is 52.0 Å². The molecule has 0 heterocycles. The number of anilines is 1. The summed E-state index contributed by atoms with van der Waals surface area (Å²) < 4.78 is 0. The summed E-state index contributed by atoms with van der Waals surface area (Å²) in [6.07, 6.45) is 5.02. The number of rotatable bonds is 5. The van der Waals surface area contributed by atoms with Crippen molar-refractivity contribution in [1.82, 2.24) is 5.32 Å². The molecule has 0 unspecified atom stereocenters. The monoisotopic (exact) mass is 288 g/mol. The van der Waals surface area contributed by atoms with Gasteiger partial charge in [-0.25, -0.2) is 0 Å². The van der Waals surface area contributed by atoms with Crippen LogP contribution in [0.2, 0.25) is 0 Å². The van der Waals surface area contributed by atoms with Gasteiger partial charge in [0.1, 0.15) is 0 Å². The number of carbonyl (C=O) groups excluding carboxylic acids is 2. The number of nitrogens with one attached hydrogen (secondary N) is 2. The zero-order valence-electron chi connectivity index (χ0n) is 12.8. The van der Waals surface area contributed by atoms with Crippen molar-refractivity contribution in [3.8, 4) is 0 Å². The van der Waals surface area contributed by atoms with Gasteiger partial charge in [0, 0.05) is 12.0 Å². The molecule has 4 heteroatoms. The van der Waals surface area contributed by atoms with Crippen molar-refractivity contribution in [2.24, 2.45) is 5.92 Å². The van der Waals surface area contributed by atoms with Crippen molar-refractivity contribution in [3.63, 3.8) is 0 Å². The van der Waals surface area contributed by atoms with E-state index in [2.05, 4.69) is 10.6 Å². The summed E-state index contributed by atoms with van der Waals surface area (Å²) in [6.45, 7) is 4.00. The van der Waals surface area contributed by atoms with Crippen LogP contribution in [0.4, 0.5) is 5.69 Å². The third-order valence-electron chi connectivity index (χ3n) is 4.15. The first kappa shape index (κ1) is 15.5. The highest BCUT2D eigenvalue weighted by molar-refractivity contribution is 6.04. The third kappa shape index (κ3) is 4.06. The average molecular weight is 288 g/mol. The van der Waals surface area contributed by atoms with Gasteiger partial charge in [-0.1, -0.05) is 31.9 Å². The SMILES string of the molecule is CC[C@@H](C)NC(=O)c1ccccc1NC(=O)C1CCCC1. The minimum atomic E-state index is -0.133. The van der Waals surface area contributed by atoms with Gasteiger partial charge in [-0.05, 0) is 38.3 Å². The van der Waals surface area contributed by atoms with Gasteiger partial charge in [-0.15, -0.1) is 0 Å². The van der Waals surface area contributed by atoms with Crippen LogP contribution < -0.4 is 10.6 Å². The van der Waals surface area contributed by atoms with E-state index in [9.17, 15) is 9.59 Å². The van der Waals surface area contributed by atoms with Gasteiger partial charge in [-0.2, -0.15) is 0 Å². The molecule has 0 aromatic heterocycles. The third-order valence-corrected chi connectivity index (χ3v) is 4.15. The topological polar surface area (TPSA) is 58.2 Å². The Hall–Kier alpha value is -1.84. The predicted octanol–water partition coefficient (Wildman–Crippen LogP) is 3.34. The summed E-state index contributed by atoms with van der Waals surface area (Å²) >= 11 is 0. The second-order valence-corrected chi connectivity index (χ2v) is 5.80. The quantitative estimate of drug-likeness (QED) is 0.873. The van der Waals surface area contributed by atoms with E-state index in [4.69, 9.17) is 0 Å². The zero-order valence-corrected chi connectivity index (χ0v) is 12.8. The lowest BCUT2D eigenvalue weighted by atomic mass is 10.1. The molecule has 4 nitrogen and oxygen atoms in total. The normalized spacial score (nSPS) is 16.5. The Bertz CT molecular complexity index is 507. The van der Waals surface area contributed by atoms with Crippen LogP contribution >= 0.6 is 0 Å². The average Bonchev–Trinajstić information content (AvgIpc) is 3.01. The molecule has 0 bridgehead atoms. The summed E-state index contributed by atoms with van der Waals surface area (Å²) in [6, 6.07) is 7.32. The van der Waals surface area contributed by atoms with Gasteiger partial charge in [0.05, 0.1) is 11.3 Å². The molecule has 0 spiro atoms. The van der Waals surface area contributed by atoms with Crippen LogP contribution in [0, 0.1) is 5.92 Å². The van der Waals surface area contributed by atoms with Gasteiger partial charge in [0.25, 0.3) is 5.91 Å².